The van der Waals surface area contributed by atoms with Gasteiger partial charge in [-0.15, -0.1) is 0 Å². The fourth-order valence-corrected chi connectivity index (χ4v) is 5.29. The Morgan fingerprint density at radius 3 is 2.52 bits per heavy atom. The first kappa shape index (κ1) is 21.6. The van der Waals surface area contributed by atoms with Crippen molar-refractivity contribution >= 4 is 21.2 Å². The Kier molecular flexibility index (Phi) is 5.40. The highest BCUT2D eigenvalue weighted by Crippen LogP contribution is 2.40. The van der Waals surface area contributed by atoms with Crippen LogP contribution >= 0.6 is 0 Å². The zero-order chi connectivity index (χ0) is 23.2. The van der Waals surface area contributed by atoms with Crippen molar-refractivity contribution in [1.82, 2.24) is 20.2 Å². The zero-order valence-corrected chi connectivity index (χ0v) is 19.3. The van der Waals surface area contributed by atoms with Gasteiger partial charge in [-0.3, -0.25) is 9.97 Å². The maximum absolute atomic E-state index is 13.5. The summed E-state index contributed by atoms with van der Waals surface area (Å²) >= 11 is 0. The molecule has 170 valence electrons. The highest BCUT2D eigenvalue weighted by molar-refractivity contribution is 7.90. The summed E-state index contributed by atoms with van der Waals surface area (Å²) in [5.41, 5.74) is 5.18. The minimum atomic E-state index is -3.26. The molecule has 2 atom stereocenters. The minimum Gasteiger partial charge on any atom is -0.361 e. The van der Waals surface area contributed by atoms with Crippen LogP contribution in [0.1, 0.15) is 31.0 Å². The number of hydrogen-bond acceptors (Lipinski definition) is 6. The maximum Gasteiger partial charge on any atom is 0.175 e. The van der Waals surface area contributed by atoms with Gasteiger partial charge < -0.3 is 10.2 Å². The number of fused-ring (bicyclic) bond motifs is 1. The lowest BCUT2D eigenvalue weighted by molar-refractivity contribution is 0.164. The van der Waals surface area contributed by atoms with Crippen LogP contribution in [0.15, 0.2) is 65.8 Å². The van der Waals surface area contributed by atoms with Crippen LogP contribution < -0.4 is 5.32 Å². The third kappa shape index (κ3) is 4.11. The molecule has 0 saturated carbocycles. The van der Waals surface area contributed by atoms with Crippen LogP contribution in [0.25, 0.3) is 22.7 Å². The number of hydrogen-bond donors (Lipinski definition) is 1. The van der Waals surface area contributed by atoms with Crippen molar-refractivity contribution in [3.8, 4) is 11.3 Å². The van der Waals surface area contributed by atoms with Gasteiger partial charge in [0.15, 0.2) is 9.84 Å². The summed E-state index contributed by atoms with van der Waals surface area (Å²) in [6, 6.07) is 13.9. The number of rotatable bonds is 4. The molecule has 8 heteroatoms. The molecule has 2 aromatic heterocycles. The van der Waals surface area contributed by atoms with E-state index in [2.05, 4.69) is 27.1 Å². The molecule has 1 unspecified atom stereocenters. The predicted octanol–water partition coefficient (Wildman–Crippen LogP) is 4.17. The second-order valence-electron chi connectivity index (χ2n) is 8.71. The summed E-state index contributed by atoms with van der Waals surface area (Å²) in [5.74, 6) is 0.0882. The summed E-state index contributed by atoms with van der Waals surface area (Å²) in [4.78, 5) is 11.5. The number of pyridine rings is 2. The van der Waals surface area contributed by atoms with Crippen LogP contribution in [-0.2, 0) is 9.84 Å². The van der Waals surface area contributed by atoms with Gasteiger partial charge in [-0.2, -0.15) is 0 Å². The average Bonchev–Trinajstić information content (AvgIpc) is 3.20. The van der Waals surface area contributed by atoms with E-state index < -0.39 is 9.84 Å². The van der Waals surface area contributed by atoms with Gasteiger partial charge in [-0.05, 0) is 55.2 Å². The van der Waals surface area contributed by atoms with Gasteiger partial charge in [-0.25, -0.2) is 12.8 Å². The molecule has 0 spiro atoms. The van der Waals surface area contributed by atoms with E-state index in [1.165, 1.54) is 18.5 Å². The van der Waals surface area contributed by atoms with Crippen LogP contribution in [0, 0.1) is 11.7 Å². The molecule has 2 aliphatic rings. The van der Waals surface area contributed by atoms with Gasteiger partial charge >= 0.3 is 0 Å². The third-order valence-electron chi connectivity index (χ3n) is 6.34. The second-order valence-corrected chi connectivity index (χ2v) is 10.7. The number of nitrogens with zero attached hydrogens (tertiary/aromatic N) is 3. The number of piperidine rings is 1. The highest BCUT2D eigenvalue weighted by Gasteiger charge is 2.38. The predicted molar refractivity (Wildman–Crippen MR) is 126 cm³/mol. The maximum atomic E-state index is 13.5. The topological polar surface area (TPSA) is 75.2 Å². The lowest BCUT2D eigenvalue weighted by atomic mass is 9.96. The molecule has 0 amide bonds. The van der Waals surface area contributed by atoms with Gasteiger partial charge in [0.05, 0.1) is 33.9 Å². The summed E-state index contributed by atoms with van der Waals surface area (Å²) < 4.78 is 37.1. The second kappa shape index (κ2) is 8.26. The number of halogens is 1. The first-order chi connectivity index (χ1) is 15.8. The number of benzene rings is 1. The van der Waals surface area contributed by atoms with Gasteiger partial charge in [0.25, 0.3) is 0 Å². The molecule has 5 rings (SSSR count). The van der Waals surface area contributed by atoms with Crippen LogP contribution in [0.5, 0.6) is 0 Å². The first-order valence-corrected chi connectivity index (χ1v) is 12.9. The fourth-order valence-electron chi connectivity index (χ4n) is 4.66. The Morgan fingerprint density at radius 1 is 1.03 bits per heavy atom. The summed E-state index contributed by atoms with van der Waals surface area (Å²) in [6.45, 7) is 3.16. The highest BCUT2D eigenvalue weighted by atomic mass is 32.2. The van der Waals surface area contributed by atoms with Crippen molar-refractivity contribution in [2.45, 2.75) is 30.8 Å². The average molecular weight is 465 g/mol. The molecular formula is C25H25FN4O2S. The van der Waals surface area contributed by atoms with E-state index in [1.54, 1.807) is 36.5 Å². The quantitative estimate of drug-likeness (QED) is 0.625. The molecular weight excluding hydrogens is 439 g/mol. The van der Waals surface area contributed by atoms with Crippen molar-refractivity contribution in [1.29, 1.82) is 0 Å². The van der Waals surface area contributed by atoms with Crippen LogP contribution in [-0.4, -0.2) is 42.3 Å². The number of aromatic nitrogens is 2. The largest absolute Gasteiger partial charge is 0.361 e. The van der Waals surface area contributed by atoms with E-state index in [1.807, 2.05) is 12.1 Å². The lowest BCUT2D eigenvalue weighted by Gasteiger charge is -2.37. The van der Waals surface area contributed by atoms with Crippen molar-refractivity contribution in [2.75, 3.05) is 12.8 Å². The summed E-state index contributed by atoms with van der Waals surface area (Å²) in [6.07, 6.45) is 6.59. The molecule has 0 bridgehead atoms. The molecule has 1 saturated heterocycles. The van der Waals surface area contributed by atoms with Gasteiger partial charge in [0.2, 0.25) is 0 Å². The van der Waals surface area contributed by atoms with Crippen molar-refractivity contribution in [2.24, 2.45) is 5.92 Å². The molecule has 33 heavy (non-hydrogen) atoms. The lowest BCUT2D eigenvalue weighted by Crippen LogP contribution is -2.45. The molecule has 4 heterocycles. The monoisotopic (exact) mass is 464 g/mol. The minimum absolute atomic E-state index is 0.154. The van der Waals surface area contributed by atoms with Gasteiger partial charge in [-0.1, -0.05) is 19.1 Å². The van der Waals surface area contributed by atoms with Crippen LogP contribution in [0.3, 0.4) is 0 Å². The van der Waals surface area contributed by atoms with Crippen LogP contribution in [0.2, 0.25) is 0 Å². The van der Waals surface area contributed by atoms with E-state index in [9.17, 15) is 12.8 Å². The Balaban J connectivity index is 1.59. The van der Waals surface area contributed by atoms with Crippen molar-refractivity contribution in [3.05, 3.63) is 78.0 Å². The SMILES string of the molecule is C[C@H]1CCCN2C(c3ccnc(-c4ccc(S(C)(=O)=O)cc4)c3)=C(c3ccc(F)cn3)NC12. The van der Waals surface area contributed by atoms with E-state index >= 15 is 0 Å². The smallest absolute Gasteiger partial charge is 0.175 e. The standard InChI is InChI=1S/C25H25FN4O2S/c1-16-4-3-13-30-24(23(29-25(16)30)21-10-7-19(26)15-28-21)18-11-12-27-22(14-18)17-5-8-20(9-6-17)33(2,31)32/h5-12,14-16,25,29H,3-4,13H2,1-2H3/t16-,25?/m0/s1. The number of sulfone groups is 1. The molecule has 6 nitrogen and oxygen atoms in total. The summed E-state index contributed by atoms with van der Waals surface area (Å²) in [7, 11) is -3.26. The summed E-state index contributed by atoms with van der Waals surface area (Å²) in [5, 5.41) is 3.64. The van der Waals surface area contributed by atoms with Crippen LogP contribution in [0.4, 0.5) is 4.39 Å². The van der Waals surface area contributed by atoms with Crippen molar-refractivity contribution in [3.63, 3.8) is 0 Å². The Bertz CT molecular complexity index is 1320. The van der Waals surface area contributed by atoms with E-state index in [4.69, 9.17) is 0 Å². The van der Waals surface area contributed by atoms with E-state index in [-0.39, 0.29) is 16.9 Å². The van der Waals surface area contributed by atoms with E-state index in [0.29, 0.717) is 11.6 Å². The third-order valence-corrected chi connectivity index (χ3v) is 7.47. The Morgan fingerprint density at radius 2 is 1.82 bits per heavy atom. The van der Waals surface area contributed by atoms with Gasteiger partial charge in [0, 0.05) is 30.1 Å². The fraction of sp³-hybridized carbons (Fsp3) is 0.280. The Hall–Kier alpha value is -3.26. The molecule has 1 N–H and O–H groups in total. The molecule has 1 fully saturated rings. The normalized spacial score (nSPS) is 20.5. The van der Waals surface area contributed by atoms with Crippen molar-refractivity contribution < 1.29 is 12.8 Å². The van der Waals surface area contributed by atoms with Gasteiger partial charge in [0.1, 0.15) is 12.0 Å². The molecule has 2 aliphatic heterocycles. The molecule has 0 radical (unpaired) electrons. The molecule has 3 aromatic rings. The first-order valence-electron chi connectivity index (χ1n) is 11.0. The number of nitrogens with one attached hydrogen (secondary N) is 1. The Labute approximate surface area is 193 Å². The zero-order valence-electron chi connectivity index (χ0n) is 18.5. The van der Waals surface area contributed by atoms with E-state index in [0.717, 1.165) is 47.6 Å². The molecule has 1 aromatic carbocycles. The molecule has 0 aliphatic carbocycles.